The number of benzene rings is 1. The van der Waals surface area contributed by atoms with Crippen molar-refractivity contribution in [1.29, 1.82) is 0 Å². The van der Waals surface area contributed by atoms with Gasteiger partial charge in [0.15, 0.2) is 5.82 Å². The Morgan fingerprint density at radius 1 is 1.15 bits per heavy atom. The lowest BCUT2D eigenvalue weighted by Crippen LogP contribution is -2.41. The molecule has 1 aromatic carbocycles. The Labute approximate surface area is 124 Å². The molecule has 1 aromatic rings. The maximum Gasteiger partial charge on any atom is 0.348 e. The van der Waals surface area contributed by atoms with E-state index >= 15 is 0 Å². The van der Waals surface area contributed by atoms with Crippen molar-refractivity contribution in [2.24, 2.45) is 0 Å². The molecule has 0 aliphatic carbocycles. The van der Waals surface area contributed by atoms with Gasteiger partial charge in [-0.1, -0.05) is 29.3 Å². The lowest BCUT2D eigenvalue weighted by molar-refractivity contribution is -0.222. The van der Waals surface area contributed by atoms with Crippen molar-refractivity contribution in [2.45, 2.75) is 19.6 Å². The van der Waals surface area contributed by atoms with Gasteiger partial charge in [-0.15, -0.1) is 0 Å². The zero-order valence-electron chi connectivity index (χ0n) is 10.5. The second-order valence-corrected chi connectivity index (χ2v) is 5.29. The van der Waals surface area contributed by atoms with Gasteiger partial charge in [0.2, 0.25) is 0 Å². The monoisotopic (exact) mass is 318 g/mol. The summed E-state index contributed by atoms with van der Waals surface area (Å²) in [6.45, 7) is 2.85. The van der Waals surface area contributed by atoms with E-state index in [4.69, 9.17) is 32.7 Å². The summed E-state index contributed by atoms with van der Waals surface area (Å²) < 4.78 is 23.4. The van der Waals surface area contributed by atoms with Gasteiger partial charge in [-0.25, -0.2) is 14.0 Å². The van der Waals surface area contributed by atoms with Crippen LogP contribution in [-0.4, -0.2) is 17.7 Å². The molecule has 0 saturated carbocycles. The minimum atomic E-state index is -1.33. The summed E-state index contributed by atoms with van der Waals surface area (Å²) in [5.41, 5.74) is -0.245. The van der Waals surface area contributed by atoms with E-state index in [1.165, 1.54) is 26.0 Å². The quantitative estimate of drug-likeness (QED) is 0.345. The summed E-state index contributed by atoms with van der Waals surface area (Å²) in [6.07, 6.45) is 1.10. The van der Waals surface area contributed by atoms with Crippen LogP contribution in [0.1, 0.15) is 19.4 Å². The third-order valence-electron chi connectivity index (χ3n) is 2.48. The smallest absolute Gasteiger partial charge is 0.348 e. The first-order valence-corrected chi connectivity index (χ1v) is 6.29. The molecule has 0 unspecified atom stereocenters. The molecule has 1 saturated heterocycles. The molecule has 0 aromatic heterocycles. The van der Waals surface area contributed by atoms with Crippen molar-refractivity contribution in [3.8, 4) is 0 Å². The molecule has 1 aliphatic heterocycles. The van der Waals surface area contributed by atoms with Crippen LogP contribution < -0.4 is 0 Å². The molecule has 0 radical (unpaired) electrons. The van der Waals surface area contributed by atoms with Gasteiger partial charge in [-0.2, -0.15) is 0 Å². The number of ether oxygens (including phenoxy) is 2. The van der Waals surface area contributed by atoms with Crippen molar-refractivity contribution in [2.75, 3.05) is 0 Å². The fourth-order valence-corrected chi connectivity index (χ4v) is 2.01. The van der Waals surface area contributed by atoms with Gasteiger partial charge < -0.3 is 9.47 Å². The maximum atomic E-state index is 13.5. The van der Waals surface area contributed by atoms with E-state index in [1.807, 2.05) is 0 Å². The van der Waals surface area contributed by atoms with Crippen molar-refractivity contribution in [3.05, 3.63) is 39.1 Å². The fraction of sp³-hybridized carbons (Fsp3) is 0.231. The molecule has 0 spiro atoms. The van der Waals surface area contributed by atoms with Crippen molar-refractivity contribution in [1.82, 2.24) is 0 Å². The molecule has 20 heavy (non-hydrogen) atoms. The van der Waals surface area contributed by atoms with E-state index in [-0.39, 0.29) is 21.2 Å². The zero-order valence-corrected chi connectivity index (χ0v) is 12.0. The van der Waals surface area contributed by atoms with Crippen LogP contribution in [0.15, 0.2) is 17.7 Å². The Balaban J connectivity index is 2.44. The molecule has 1 heterocycles. The molecule has 0 bridgehead atoms. The fourth-order valence-electron chi connectivity index (χ4n) is 1.59. The van der Waals surface area contributed by atoms with E-state index in [1.54, 1.807) is 0 Å². The molecule has 0 N–H and O–H groups in total. The SMILES string of the molecule is CC1(C)OC(=O)C(=Cc2ccc(Cl)c(F)c2Cl)C(=O)O1. The third kappa shape index (κ3) is 2.78. The van der Waals surface area contributed by atoms with Crippen LogP contribution in [0.5, 0.6) is 0 Å². The summed E-state index contributed by atoms with van der Waals surface area (Å²) in [4.78, 5) is 23.5. The minimum Gasteiger partial charge on any atom is -0.419 e. The zero-order chi connectivity index (χ0) is 15.1. The van der Waals surface area contributed by atoms with Crippen LogP contribution >= 0.6 is 23.2 Å². The van der Waals surface area contributed by atoms with Crippen molar-refractivity contribution < 1.29 is 23.5 Å². The maximum absolute atomic E-state index is 13.5. The molecule has 1 aliphatic rings. The van der Waals surface area contributed by atoms with E-state index < -0.39 is 23.5 Å². The van der Waals surface area contributed by atoms with Gasteiger partial charge in [0.25, 0.3) is 5.79 Å². The number of esters is 2. The molecule has 106 valence electrons. The predicted octanol–water partition coefficient (Wildman–Crippen LogP) is 3.35. The Morgan fingerprint density at radius 3 is 2.25 bits per heavy atom. The lowest BCUT2D eigenvalue weighted by atomic mass is 10.1. The summed E-state index contributed by atoms with van der Waals surface area (Å²) in [7, 11) is 0. The van der Waals surface area contributed by atoms with Crippen LogP contribution in [0.25, 0.3) is 6.08 Å². The average Bonchev–Trinajstić information content (AvgIpc) is 2.32. The number of halogens is 3. The molecule has 4 nitrogen and oxygen atoms in total. The van der Waals surface area contributed by atoms with Gasteiger partial charge in [-0.05, 0) is 17.7 Å². The lowest BCUT2D eigenvalue weighted by Gasteiger charge is -2.29. The number of carbonyl (C=O) groups excluding carboxylic acids is 2. The largest absolute Gasteiger partial charge is 0.419 e. The first-order chi connectivity index (χ1) is 9.21. The van der Waals surface area contributed by atoms with Crippen LogP contribution in [0.3, 0.4) is 0 Å². The van der Waals surface area contributed by atoms with Crippen molar-refractivity contribution >= 4 is 41.2 Å². The van der Waals surface area contributed by atoms with Crippen LogP contribution in [0.4, 0.5) is 4.39 Å². The van der Waals surface area contributed by atoms with E-state index in [9.17, 15) is 14.0 Å². The summed E-state index contributed by atoms with van der Waals surface area (Å²) in [6, 6.07) is 2.64. The number of rotatable bonds is 1. The molecule has 1 fully saturated rings. The Morgan fingerprint density at radius 2 is 1.70 bits per heavy atom. The van der Waals surface area contributed by atoms with Gasteiger partial charge in [-0.3, -0.25) is 0 Å². The van der Waals surface area contributed by atoms with Gasteiger partial charge in [0.05, 0.1) is 10.0 Å². The minimum absolute atomic E-state index is 0.122. The molecule has 0 atom stereocenters. The average molecular weight is 319 g/mol. The van der Waals surface area contributed by atoms with Gasteiger partial charge >= 0.3 is 11.9 Å². The number of cyclic esters (lactones) is 2. The Hall–Kier alpha value is -1.59. The Bertz CT molecular complexity index is 616. The summed E-state index contributed by atoms with van der Waals surface area (Å²) in [5, 5.41) is -0.456. The molecular formula is C13H9Cl2FO4. The first kappa shape index (κ1) is 14.8. The van der Waals surface area contributed by atoms with E-state index in [0.29, 0.717) is 0 Å². The second kappa shape index (κ2) is 5.07. The van der Waals surface area contributed by atoms with Gasteiger partial charge in [0.1, 0.15) is 5.57 Å². The summed E-state index contributed by atoms with van der Waals surface area (Å²) in [5.74, 6) is -3.89. The first-order valence-electron chi connectivity index (χ1n) is 5.53. The van der Waals surface area contributed by atoms with E-state index in [0.717, 1.165) is 6.08 Å². The van der Waals surface area contributed by atoms with Gasteiger partial charge in [0, 0.05) is 13.8 Å². The van der Waals surface area contributed by atoms with Crippen LogP contribution in [0.2, 0.25) is 10.0 Å². The molecule has 2 rings (SSSR count). The van der Waals surface area contributed by atoms with Crippen molar-refractivity contribution in [3.63, 3.8) is 0 Å². The molecule has 7 heteroatoms. The topological polar surface area (TPSA) is 52.6 Å². The predicted molar refractivity (Wildman–Crippen MR) is 70.7 cm³/mol. The standard InChI is InChI=1S/C13H9Cl2FO4/c1-13(2)19-11(17)7(12(18)20-13)5-6-3-4-8(14)10(16)9(6)15/h3-5H,1-2H3. The second-order valence-electron chi connectivity index (χ2n) is 4.50. The van der Waals surface area contributed by atoms with Crippen LogP contribution in [0, 0.1) is 5.82 Å². The highest BCUT2D eigenvalue weighted by Gasteiger charge is 2.39. The number of carbonyl (C=O) groups is 2. The third-order valence-corrected chi connectivity index (χ3v) is 3.16. The highest BCUT2D eigenvalue weighted by Crippen LogP contribution is 2.30. The molecular weight excluding hydrogens is 310 g/mol. The Kier molecular flexibility index (Phi) is 3.75. The number of hydrogen-bond acceptors (Lipinski definition) is 4. The number of hydrogen-bond donors (Lipinski definition) is 0. The van der Waals surface area contributed by atoms with E-state index in [2.05, 4.69) is 0 Å². The summed E-state index contributed by atoms with van der Waals surface area (Å²) >= 11 is 11.3. The highest BCUT2D eigenvalue weighted by molar-refractivity contribution is 6.36. The van der Waals surface area contributed by atoms with Crippen LogP contribution in [-0.2, 0) is 19.1 Å². The molecule has 0 amide bonds. The highest BCUT2D eigenvalue weighted by atomic mass is 35.5. The normalized spacial score (nSPS) is 17.6.